The molecule has 0 atom stereocenters. The fourth-order valence-corrected chi connectivity index (χ4v) is 2.08. The SMILES string of the molecule is COc1cc(N)c(-c2nncn2CC(C)C)cc1OC. The molecule has 6 heteroatoms. The second kappa shape index (κ2) is 5.81. The Hall–Kier alpha value is -2.24. The van der Waals surface area contributed by atoms with Crippen molar-refractivity contribution in [2.45, 2.75) is 20.4 Å². The van der Waals surface area contributed by atoms with E-state index in [1.54, 1.807) is 26.6 Å². The number of hydrogen-bond donors (Lipinski definition) is 1. The molecule has 0 aliphatic heterocycles. The van der Waals surface area contributed by atoms with Gasteiger partial charge in [-0.2, -0.15) is 0 Å². The van der Waals surface area contributed by atoms with Gasteiger partial charge in [-0.15, -0.1) is 10.2 Å². The summed E-state index contributed by atoms with van der Waals surface area (Å²) in [5.41, 5.74) is 7.47. The number of nitrogens with zero attached hydrogens (tertiary/aromatic N) is 3. The number of anilines is 1. The predicted molar refractivity (Wildman–Crippen MR) is 77.8 cm³/mol. The van der Waals surface area contributed by atoms with Crippen LogP contribution in [0.5, 0.6) is 11.5 Å². The van der Waals surface area contributed by atoms with Crippen molar-refractivity contribution in [1.82, 2.24) is 14.8 Å². The minimum atomic E-state index is 0.492. The van der Waals surface area contributed by atoms with E-state index in [-0.39, 0.29) is 0 Å². The molecule has 1 aromatic heterocycles. The predicted octanol–water partition coefficient (Wildman–Crippen LogP) is 2.20. The monoisotopic (exact) mass is 276 g/mol. The van der Waals surface area contributed by atoms with E-state index in [9.17, 15) is 0 Å². The first-order chi connectivity index (χ1) is 9.56. The normalized spacial score (nSPS) is 10.8. The molecule has 0 aliphatic rings. The van der Waals surface area contributed by atoms with Gasteiger partial charge in [0.05, 0.1) is 14.2 Å². The Balaban J connectivity index is 2.50. The van der Waals surface area contributed by atoms with Gasteiger partial charge in [-0.05, 0) is 12.0 Å². The largest absolute Gasteiger partial charge is 0.493 e. The van der Waals surface area contributed by atoms with Crippen molar-refractivity contribution >= 4 is 5.69 Å². The third-order valence-electron chi connectivity index (χ3n) is 2.97. The lowest BCUT2D eigenvalue weighted by molar-refractivity contribution is 0.355. The summed E-state index contributed by atoms with van der Waals surface area (Å²) in [6, 6.07) is 3.57. The Kier molecular flexibility index (Phi) is 4.12. The zero-order valence-electron chi connectivity index (χ0n) is 12.3. The Bertz CT molecular complexity index is 593. The van der Waals surface area contributed by atoms with Crippen molar-refractivity contribution in [2.75, 3.05) is 20.0 Å². The molecule has 1 heterocycles. The van der Waals surface area contributed by atoms with Crippen molar-refractivity contribution in [2.24, 2.45) is 5.92 Å². The summed E-state index contributed by atoms with van der Waals surface area (Å²) in [6.45, 7) is 5.11. The molecule has 0 unspecified atom stereocenters. The number of nitrogens with two attached hydrogens (primary N) is 1. The van der Waals surface area contributed by atoms with Gasteiger partial charge in [0.2, 0.25) is 0 Å². The molecule has 0 fully saturated rings. The number of hydrogen-bond acceptors (Lipinski definition) is 5. The molecular formula is C14H20N4O2. The first-order valence-corrected chi connectivity index (χ1v) is 6.46. The molecule has 0 spiro atoms. The maximum absolute atomic E-state index is 6.09. The van der Waals surface area contributed by atoms with Gasteiger partial charge in [0.1, 0.15) is 6.33 Å². The highest BCUT2D eigenvalue weighted by atomic mass is 16.5. The molecular weight excluding hydrogens is 256 g/mol. The van der Waals surface area contributed by atoms with Crippen LogP contribution in [-0.2, 0) is 6.54 Å². The van der Waals surface area contributed by atoms with Crippen LogP contribution in [0.3, 0.4) is 0 Å². The lowest BCUT2D eigenvalue weighted by atomic mass is 10.1. The molecule has 1 aromatic carbocycles. The minimum Gasteiger partial charge on any atom is -0.493 e. The molecule has 2 N–H and O–H groups in total. The van der Waals surface area contributed by atoms with Crippen LogP contribution in [0, 0.1) is 5.92 Å². The van der Waals surface area contributed by atoms with E-state index in [0.717, 1.165) is 17.9 Å². The van der Waals surface area contributed by atoms with Crippen LogP contribution in [-0.4, -0.2) is 29.0 Å². The number of methoxy groups -OCH3 is 2. The zero-order valence-corrected chi connectivity index (χ0v) is 12.3. The summed E-state index contributed by atoms with van der Waals surface area (Å²) >= 11 is 0. The van der Waals surface area contributed by atoms with Gasteiger partial charge in [-0.25, -0.2) is 0 Å². The molecule has 0 radical (unpaired) electrons. The zero-order chi connectivity index (χ0) is 14.7. The summed E-state index contributed by atoms with van der Waals surface area (Å²) in [7, 11) is 3.18. The van der Waals surface area contributed by atoms with Gasteiger partial charge in [0, 0.05) is 23.9 Å². The third kappa shape index (κ3) is 2.68. The van der Waals surface area contributed by atoms with E-state index < -0.39 is 0 Å². The number of ether oxygens (including phenoxy) is 2. The summed E-state index contributed by atoms with van der Waals surface area (Å²) in [4.78, 5) is 0. The van der Waals surface area contributed by atoms with Gasteiger partial charge in [0.25, 0.3) is 0 Å². The average molecular weight is 276 g/mol. The quantitative estimate of drug-likeness (QED) is 0.847. The highest BCUT2D eigenvalue weighted by molar-refractivity contribution is 5.76. The smallest absolute Gasteiger partial charge is 0.165 e. The second-order valence-electron chi connectivity index (χ2n) is 5.00. The number of rotatable bonds is 5. The van der Waals surface area contributed by atoms with Gasteiger partial charge in [-0.3, -0.25) is 0 Å². The lowest BCUT2D eigenvalue weighted by Crippen LogP contribution is -2.06. The van der Waals surface area contributed by atoms with E-state index >= 15 is 0 Å². The standard InChI is InChI=1S/C14H20N4O2/c1-9(2)7-18-8-16-17-14(18)10-5-12(19-3)13(20-4)6-11(10)15/h5-6,8-9H,7,15H2,1-4H3. The third-order valence-corrected chi connectivity index (χ3v) is 2.97. The van der Waals surface area contributed by atoms with Crippen molar-refractivity contribution in [3.05, 3.63) is 18.5 Å². The van der Waals surface area contributed by atoms with Gasteiger partial charge in [-0.1, -0.05) is 13.8 Å². The fourth-order valence-electron chi connectivity index (χ4n) is 2.08. The molecule has 0 saturated heterocycles. The van der Waals surface area contributed by atoms with Crippen LogP contribution >= 0.6 is 0 Å². The van der Waals surface area contributed by atoms with E-state index in [0.29, 0.717) is 23.1 Å². The Labute approximate surface area is 118 Å². The molecule has 0 amide bonds. The molecule has 2 rings (SSSR count). The number of benzene rings is 1. The first kappa shape index (κ1) is 14.2. The lowest BCUT2D eigenvalue weighted by Gasteiger charge is -2.14. The maximum atomic E-state index is 6.09. The van der Waals surface area contributed by atoms with E-state index in [2.05, 4.69) is 24.0 Å². The summed E-state index contributed by atoms with van der Waals surface area (Å²) < 4.78 is 12.5. The molecule has 108 valence electrons. The molecule has 2 aromatic rings. The molecule has 20 heavy (non-hydrogen) atoms. The van der Waals surface area contributed by atoms with Crippen molar-refractivity contribution in [3.63, 3.8) is 0 Å². The summed E-state index contributed by atoms with van der Waals surface area (Å²) in [5.74, 6) is 2.45. The Morgan fingerprint density at radius 3 is 2.45 bits per heavy atom. The van der Waals surface area contributed by atoms with Gasteiger partial charge in [0.15, 0.2) is 17.3 Å². The maximum Gasteiger partial charge on any atom is 0.165 e. The number of nitrogen functional groups attached to an aromatic ring is 1. The summed E-state index contributed by atoms with van der Waals surface area (Å²) in [6.07, 6.45) is 1.71. The van der Waals surface area contributed by atoms with E-state index in [4.69, 9.17) is 15.2 Å². The van der Waals surface area contributed by atoms with Crippen LogP contribution in [0.2, 0.25) is 0 Å². The van der Waals surface area contributed by atoms with Crippen LogP contribution in [0.15, 0.2) is 18.5 Å². The molecule has 6 nitrogen and oxygen atoms in total. The van der Waals surface area contributed by atoms with Crippen LogP contribution in [0.25, 0.3) is 11.4 Å². The molecule has 0 saturated carbocycles. The summed E-state index contributed by atoms with van der Waals surface area (Å²) in [5, 5.41) is 8.14. The van der Waals surface area contributed by atoms with Crippen molar-refractivity contribution < 1.29 is 9.47 Å². The van der Waals surface area contributed by atoms with Gasteiger partial charge >= 0.3 is 0 Å². The minimum absolute atomic E-state index is 0.492. The fraction of sp³-hybridized carbons (Fsp3) is 0.429. The van der Waals surface area contributed by atoms with Crippen LogP contribution < -0.4 is 15.2 Å². The number of aromatic nitrogens is 3. The van der Waals surface area contributed by atoms with Crippen molar-refractivity contribution in [3.8, 4) is 22.9 Å². The second-order valence-corrected chi connectivity index (χ2v) is 5.00. The van der Waals surface area contributed by atoms with Crippen LogP contribution in [0.4, 0.5) is 5.69 Å². The Morgan fingerprint density at radius 2 is 1.85 bits per heavy atom. The molecule has 0 aliphatic carbocycles. The average Bonchev–Trinajstić information content (AvgIpc) is 2.85. The van der Waals surface area contributed by atoms with Gasteiger partial charge < -0.3 is 19.8 Å². The highest BCUT2D eigenvalue weighted by Crippen LogP contribution is 2.36. The topological polar surface area (TPSA) is 75.2 Å². The van der Waals surface area contributed by atoms with Crippen LogP contribution in [0.1, 0.15) is 13.8 Å². The Morgan fingerprint density at radius 1 is 1.20 bits per heavy atom. The first-order valence-electron chi connectivity index (χ1n) is 6.46. The van der Waals surface area contributed by atoms with E-state index in [1.165, 1.54) is 0 Å². The van der Waals surface area contributed by atoms with Crippen molar-refractivity contribution in [1.29, 1.82) is 0 Å². The van der Waals surface area contributed by atoms with E-state index in [1.807, 2.05) is 10.6 Å². The molecule has 0 bridgehead atoms. The highest BCUT2D eigenvalue weighted by Gasteiger charge is 2.15.